The van der Waals surface area contributed by atoms with Gasteiger partial charge in [-0.15, -0.1) is 0 Å². The first-order valence-electron chi connectivity index (χ1n) is 8.58. The van der Waals surface area contributed by atoms with Crippen LogP contribution in [0.3, 0.4) is 0 Å². The number of esters is 1. The molecular formula is C20H24N2O2. The van der Waals surface area contributed by atoms with E-state index >= 15 is 0 Å². The fraction of sp³-hybridized carbons (Fsp3) is 0.400. The van der Waals surface area contributed by atoms with Gasteiger partial charge in [0.05, 0.1) is 12.3 Å². The molecule has 1 aliphatic rings. The lowest BCUT2D eigenvalue weighted by Gasteiger charge is -2.22. The minimum Gasteiger partial charge on any atom is -0.457 e. The molecule has 3 rings (SSSR count). The maximum absolute atomic E-state index is 11.0. The van der Waals surface area contributed by atoms with Crippen LogP contribution in [0.4, 0.5) is 0 Å². The molecule has 2 aromatic carbocycles. The van der Waals surface area contributed by atoms with E-state index in [-0.39, 0.29) is 12.1 Å². The van der Waals surface area contributed by atoms with Crippen LogP contribution >= 0.6 is 0 Å². The summed E-state index contributed by atoms with van der Waals surface area (Å²) in [4.78, 5) is 11.0. The van der Waals surface area contributed by atoms with E-state index < -0.39 is 0 Å². The zero-order chi connectivity index (χ0) is 16.9. The van der Waals surface area contributed by atoms with E-state index in [9.17, 15) is 4.79 Å². The van der Waals surface area contributed by atoms with Crippen molar-refractivity contribution >= 4 is 23.0 Å². The highest BCUT2D eigenvalue weighted by atomic mass is 16.5. The summed E-state index contributed by atoms with van der Waals surface area (Å²) in [7, 11) is 0. The third-order valence-corrected chi connectivity index (χ3v) is 4.46. The number of hydrogen-bond acceptors (Lipinski definition) is 4. The van der Waals surface area contributed by atoms with Gasteiger partial charge in [0.15, 0.2) is 0 Å². The highest BCUT2D eigenvalue weighted by Crippen LogP contribution is 2.25. The Kier molecular flexibility index (Phi) is 5.14. The van der Waals surface area contributed by atoms with Crippen LogP contribution in [-0.2, 0) is 16.0 Å². The van der Waals surface area contributed by atoms with Gasteiger partial charge in [0, 0.05) is 13.5 Å². The average molecular weight is 324 g/mol. The van der Waals surface area contributed by atoms with Gasteiger partial charge >= 0.3 is 5.97 Å². The summed E-state index contributed by atoms with van der Waals surface area (Å²) in [5.41, 5.74) is 1.37. The summed E-state index contributed by atoms with van der Waals surface area (Å²) < 4.78 is 5.11. The summed E-state index contributed by atoms with van der Waals surface area (Å²) in [5, 5.41) is 9.31. The number of carbonyl (C=O) groups excluding carboxylic acids is 1. The predicted octanol–water partition coefficient (Wildman–Crippen LogP) is 3.78. The molecule has 1 fully saturated rings. The fourth-order valence-corrected chi connectivity index (χ4v) is 3.38. The molecule has 0 saturated carbocycles. The molecule has 1 aliphatic heterocycles. The Bertz CT molecular complexity index is 736. The summed E-state index contributed by atoms with van der Waals surface area (Å²) in [6.45, 7) is 4.21. The van der Waals surface area contributed by atoms with Crippen LogP contribution in [0.2, 0.25) is 0 Å². The van der Waals surface area contributed by atoms with Crippen LogP contribution in [-0.4, -0.2) is 35.9 Å². The van der Waals surface area contributed by atoms with Crippen molar-refractivity contribution in [1.29, 1.82) is 0 Å². The number of ether oxygens (including phenoxy) is 1. The van der Waals surface area contributed by atoms with Crippen LogP contribution < -0.4 is 0 Å². The largest absolute Gasteiger partial charge is 0.457 e. The van der Waals surface area contributed by atoms with Crippen molar-refractivity contribution < 1.29 is 9.53 Å². The van der Waals surface area contributed by atoms with Gasteiger partial charge < -0.3 is 4.74 Å². The SMILES string of the molecule is CC(=O)OC(C)/C=N/N1CCC[C@H]1Cc1cccc2ccccc12. The third kappa shape index (κ3) is 3.94. The Morgan fingerprint density at radius 1 is 1.33 bits per heavy atom. The highest BCUT2D eigenvalue weighted by Gasteiger charge is 2.24. The van der Waals surface area contributed by atoms with Crippen LogP contribution in [0.1, 0.15) is 32.3 Å². The molecule has 0 N–H and O–H groups in total. The smallest absolute Gasteiger partial charge is 0.303 e. The first kappa shape index (κ1) is 16.5. The molecule has 4 nitrogen and oxygen atoms in total. The molecule has 4 heteroatoms. The number of fused-ring (bicyclic) bond motifs is 1. The maximum atomic E-state index is 11.0. The van der Waals surface area contributed by atoms with Crippen molar-refractivity contribution in [3.63, 3.8) is 0 Å². The lowest BCUT2D eigenvalue weighted by atomic mass is 9.98. The lowest BCUT2D eigenvalue weighted by molar-refractivity contribution is -0.142. The van der Waals surface area contributed by atoms with Gasteiger partial charge in [-0.25, -0.2) is 0 Å². The van der Waals surface area contributed by atoms with Crippen molar-refractivity contribution in [1.82, 2.24) is 5.01 Å². The highest BCUT2D eigenvalue weighted by molar-refractivity contribution is 5.85. The summed E-state index contributed by atoms with van der Waals surface area (Å²) in [5.74, 6) is -0.275. The Morgan fingerprint density at radius 2 is 2.12 bits per heavy atom. The van der Waals surface area contributed by atoms with E-state index in [1.807, 2.05) is 6.92 Å². The average Bonchev–Trinajstić information content (AvgIpc) is 3.00. The van der Waals surface area contributed by atoms with E-state index in [1.54, 1.807) is 6.21 Å². The molecule has 0 aliphatic carbocycles. The van der Waals surface area contributed by atoms with Crippen molar-refractivity contribution in [3.8, 4) is 0 Å². The summed E-state index contributed by atoms with van der Waals surface area (Å²) in [6.07, 6.45) is 4.71. The molecule has 2 atom stereocenters. The standard InChI is InChI=1S/C20H24N2O2/c1-15(24-16(2)23)14-21-22-12-6-10-19(22)13-18-9-5-8-17-7-3-4-11-20(17)18/h3-5,7-9,11,14-15,19H,6,10,12-13H2,1-2H3/b21-14+/t15?,19-/m0/s1. The molecule has 24 heavy (non-hydrogen) atoms. The van der Waals surface area contributed by atoms with Gasteiger partial charge in [-0.1, -0.05) is 42.5 Å². The van der Waals surface area contributed by atoms with E-state index in [0.29, 0.717) is 6.04 Å². The van der Waals surface area contributed by atoms with Crippen LogP contribution in [0.15, 0.2) is 47.6 Å². The molecule has 0 bridgehead atoms. The molecule has 0 aromatic heterocycles. The number of rotatable bonds is 5. The number of nitrogens with zero attached hydrogens (tertiary/aromatic N) is 2. The molecule has 1 saturated heterocycles. The number of hydrogen-bond donors (Lipinski definition) is 0. The molecule has 126 valence electrons. The van der Waals surface area contributed by atoms with Crippen molar-refractivity contribution in [2.24, 2.45) is 5.10 Å². The van der Waals surface area contributed by atoms with Crippen molar-refractivity contribution in [2.45, 2.75) is 45.3 Å². The first-order chi connectivity index (χ1) is 11.6. The Morgan fingerprint density at radius 3 is 2.96 bits per heavy atom. The molecule has 2 aromatic rings. The van der Waals surface area contributed by atoms with Crippen molar-refractivity contribution in [2.75, 3.05) is 6.54 Å². The van der Waals surface area contributed by atoms with Gasteiger partial charge in [-0.2, -0.15) is 5.10 Å². The van der Waals surface area contributed by atoms with Gasteiger partial charge in [0.1, 0.15) is 6.10 Å². The fourth-order valence-electron chi connectivity index (χ4n) is 3.38. The molecule has 0 amide bonds. The molecule has 1 heterocycles. The Balaban J connectivity index is 1.71. The van der Waals surface area contributed by atoms with Gasteiger partial charge in [0.25, 0.3) is 0 Å². The Hall–Kier alpha value is -2.36. The van der Waals surface area contributed by atoms with Gasteiger partial charge in [-0.3, -0.25) is 9.80 Å². The number of carbonyl (C=O) groups is 1. The second-order valence-corrected chi connectivity index (χ2v) is 6.38. The van der Waals surface area contributed by atoms with E-state index in [1.165, 1.54) is 23.3 Å². The lowest BCUT2D eigenvalue weighted by Crippen LogP contribution is -2.27. The number of hydrazone groups is 1. The quantitative estimate of drug-likeness (QED) is 0.621. The minimum atomic E-state index is -0.290. The van der Waals surface area contributed by atoms with E-state index in [2.05, 4.69) is 52.6 Å². The zero-order valence-corrected chi connectivity index (χ0v) is 14.3. The molecule has 1 unspecified atom stereocenters. The summed E-state index contributed by atoms with van der Waals surface area (Å²) in [6, 6.07) is 15.4. The Labute approximate surface area is 143 Å². The van der Waals surface area contributed by atoms with E-state index in [0.717, 1.165) is 25.8 Å². The second kappa shape index (κ2) is 7.47. The zero-order valence-electron chi connectivity index (χ0n) is 14.3. The first-order valence-corrected chi connectivity index (χ1v) is 8.58. The maximum Gasteiger partial charge on any atom is 0.303 e. The third-order valence-electron chi connectivity index (χ3n) is 4.46. The summed E-state index contributed by atoms with van der Waals surface area (Å²) >= 11 is 0. The van der Waals surface area contributed by atoms with Crippen LogP contribution in [0.5, 0.6) is 0 Å². The van der Waals surface area contributed by atoms with Gasteiger partial charge in [0.2, 0.25) is 0 Å². The number of benzene rings is 2. The molecule has 0 spiro atoms. The van der Waals surface area contributed by atoms with Crippen molar-refractivity contribution in [3.05, 3.63) is 48.0 Å². The van der Waals surface area contributed by atoms with Crippen LogP contribution in [0, 0.1) is 0 Å². The normalized spacial score (nSPS) is 19.1. The second-order valence-electron chi connectivity index (χ2n) is 6.38. The van der Waals surface area contributed by atoms with Gasteiger partial charge in [-0.05, 0) is 42.5 Å². The minimum absolute atomic E-state index is 0.275. The monoisotopic (exact) mass is 324 g/mol. The topological polar surface area (TPSA) is 41.9 Å². The van der Waals surface area contributed by atoms with Crippen LogP contribution in [0.25, 0.3) is 10.8 Å². The van der Waals surface area contributed by atoms with E-state index in [4.69, 9.17) is 4.74 Å². The predicted molar refractivity (Wildman–Crippen MR) is 97.1 cm³/mol. The molecular weight excluding hydrogens is 300 g/mol. The molecule has 0 radical (unpaired) electrons.